The Labute approximate surface area is 127 Å². The average molecular weight is 289 g/mol. The van der Waals surface area contributed by atoms with Gasteiger partial charge in [0, 0.05) is 37.4 Å². The molecule has 1 aliphatic rings. The highest BCUT2D eigenvalue weighted by Crippen LogP contribution is 2.20. The quantitative estimate of drug-likeness (QED) is 0.874. The van der Waals surface area contributed by atoms with Crippen LogP contribution in [0.5, 0.6) is 0 Å². The molecule has 1 aromatic heterocycles. The SMILES string of the molecule is CCC1CCCCN1C(=O)C(C)NCCc1ccccn1. The van der Waals surface area contributed by atoms with Crippen LogP contribution in [0.2, 0.25) is 0 Å². The molecule has 0 aliphatic carbocycles. The molecule has 1 N–H and O–H groups in total. The molecular weight excluding hydrogens is 262 g/mol. The molecule has 2 unspecified atom stereocenters. The summed E-state index contributed by atoms with van der Waals surface area (Å²) in [5, 5.41) is 3.34. The van der Waals surface area contributed by atoms with Crippen LogP contribution in [0, 0.1) is 0 Å². The lowest BCUT2D eigenvalue weighted by Crippen LogP contribution is -2.51. The maximum absolute atomic E-state index is 12.6. The molecule has 0 radical (unpaired) electrons. The second-order valence-electron chi connectivity index (χ2n) is 5.84. The molecule has 1 aliphatic heterocycles. The van der Waals surface area contributed by atoms with Crippen molar-refractivity contribution in [2.24, 2.45) is 0 Å². The number of likely N-dealkylation sites (tertiary alicyclic amines) is 1. The highest BCUT2D eigenvalue weighted by Gasteiger charge is 2.28. The first-order valence-corrected chi connectivity index (χ1v) is 8.16. The van der Waals surface area contributed by atoms with Gasteiger partial charge in [-0.1, -0.05) is 13.0 Å². The van der Waals surface area contributed by atoms with E-state index in [1.54, 1.807) is 0 Å². The normalized spacial score (nSPS) is 20.3. The van der Waals surface area contributed by atoms with Crippen molar-refractivity contribution in [1.82, 2.24) is 15.2 Å². The fourth-order valence-electron chi connectivity index (χ4n) is 3.01. The van der Waals surface area contributed by atoms with Crippen molar-refractivity contribution >= 4 is 5.91 Å². The zero-order valence-electron chi connectivity index (χ0n) is 13.2. The van der Waals surface area contributed by atoms with Gasteiger partial charge in [0.1, 0.15) is 0 Å². The Balaban J connectivity index is 1.79. The number of nitrogens with one attached hydrogen (secondary N) is 1. The summed E-state index contributed by atoms with van der Waals surface area (Å²) in [4.78, 5) is 18.9. The van der Waals surface area contributed by atoms with E-state index >= 15 is 0 Å². The zero-order chi connectivity index (χ0) is 15.1. The molecule has 116 valence electrons. The fraction of sp³-hybridized carbons (Fsp3) is 0.647. The second kappa shape index (κ2) is 8.13. The number of hydrogen-bond acceptors (Lipinski definition) is 3. The van der Waals surface area contributed by atoms with Crippen molar-refractivity contribution in [3.63, 3.8) is 0 Å². The zero-order valence-corrected chi connectivity index (χ0v) is 13.2. The lowest BCUT2D eigenvalue weighted by atomic mass is 9.99. The first-order valence-electron chi connectivity index (χ1n) is 8.16. The van der Waals surface area contributed by atoms with E-state index in [1.807, 2.05) is 31.3 Å². The Hall–Kier alpha value is -1.42. The van der Waals surface area contributed by atoms with Crippen molar-refractivity contribution in [3.8, 4) is 0 Å². The molecule has 0 bridgehead atoms. The third-order valence-electron chi connectivity index (χ3n) is 4.31. The van der Waals surface area contributed by atoms with Gasteiger partial charge >= 0.3 is 0 Å². The van der Waals surface area contributed by atoms with Crippen LogP contribution in [-0.4, -0.2) is 41.0 Å². The minimum absolute atomic E-state index is 0.110. The average Bonchev–Trinajstić information content (AvgIpc) is 2.55. The van der Waals surface area contributed by atoms with Crippen LogP contribution in [0.3, 0.4) is 0 Å². The number of aromatic nitrogens is 1. The Bertz CT molecular complexity index is 435. The second-order valence-corrected chi connectivity index (χ2v) is 5.84. The van der Waals surface area contributed by atoms with E-state index in [1.165, 1.54) is 6.42 Å². The molecule has 2 rings (SSSR count). The predicted octanol–water partition coefficient (Wildman–Crippen LogP) is 2.39. The van der Waals surface area contributed by atoms with Gasteiger partial charge in [0.25, 0.3) is 0 Å². The van der Waals surface area contributed by atoms with Crippen LogP contribution in [0.4, 0.5) is 0 Å². The summed E-state index contributed by atoms with van der Waals surface area (Å²) in [6, 6.07) is 6.26. The van der Waals surface area contributed by atoms with Crippen LogP contribution in [0.15, 0.2) is 24.4 Å². The van der Waals surface area contributed by atoms with Gasteiger partial charge in [-0.25, -0.2) is 0 Å². The van der Waals surface area contributed by atoms with E-state index in [0.717, 1.165) is 44.5 Å². The highest BCUT2D eigenvalue weighted by molar-refractivity contribution is 5.81. The Morgan fingerprint density at radius 3 is 3.05 bits per heavy atom. The Morgan fingerprint density at radius 2 is 2.33 bits per heavy atom. The molecule has 0 saturated carbocycles. The van der Waals surface area contributed by atoms with E-state index < -0.39 is 0 Å². The number of nitrogens with zero attached hydrogens (tertiary/aromatic N) is 2. The van der Waals surface area contributed by atoms with Crippen LogP contribution >= 0.6 is 0 Å². The maximum Gasteiger partial charge on any atom is 0.239 e. The number of hydrogen-bond donors (Lipinski definition) is 1. The van der Waals surface area contributed by atoms with Gasteiger partial charge in [-0.2, -0.15) is 0 Å². The van der Waals surface area contributed by atoms with Gasteiger partial charge in [0.2, 0.25) is 5.91 Å². The molecule has 1 fully saturated rings. The van der Waals surface area contributed by atoms with E-state index in [9.17, 15) is 4.79 Å². The van der Waals surface area contributed by atoms with Crippen molar-refractivity contribution in [1.29, 1.82) is 0 Å². The summed E-state index contributed by atoms with van der Waals surface area (Å²) in [6.45, 7) is 5.86. The minimum atomic E-state index is -0.110. The van der Waals surface area contributed by atoms with Gasteiger partial charge < -0.3 is 10.2 Å². The van der Waals surface area contributed by atoms with E-state index in [4.69, 9.17) is 0 Å². The summed E-state index contributed by atoms with van der Waals surface area (Å²) < 4.78 is 0. The van der Waals surface area contributed by atoms with Crippen molar-refractivity contribution < 1.29 is 4.79 Å². The first kappa shape index (κ1) is 16.0. The molecule has 1 amide bonds. The van der Waals surface area contributed by atoms with Crippen LogP contribution in [0.25, 0.3) is 0 Å². The number of carbonyl (C=O) groups is 1. The Morgan fingerprint density at radius 1 is 1.48 bits per heavy atom. The standard InChI is InChI=1S/C17H27N3O/c1-3-16-9-5-7-13-20(16)17(21)14(2)18-12-10-15-8-4-6-11-19-15/h4,6,8,11,14,16,18H,3,5,7,9-10,12-13H2,1-2H3. The van der Waals surface area contributed by atoms with Crippen LogP contribution in [0.1, 0.15) is 45.2 Å². The van der Waals surface area contributed by atoms with Gasteiger partial charge in [-0.3, -0.25) is 9.78 Å². The number of amides is 1. The largest absolute Gasteiger partial charge is 0.338 e. The smallest absolute Gasteiger partial charge is 0.239 e. The number of piperidine rings is 1. The van der Waals surface area contributed by atoms with Crippen molar-refractivity contribution in [3.05, 3.63) is 30.1 Å². The number of rotatable bonds is 6. The number of pyridine rings is 1. The summed E-state index contributed by atoms with van der Waals surface area (Å²) >= 11 is 0. The molecule has 2 heterocycles. The lowest BCUT2D eigenvalue weighted by Gasteiger charge is -2.37. The molecular formula is C17H27N3O. The van der Waals surface area contributed by atoms with Crippen molar-refractivity contribution in [2.75, 3.05) is 13.1 Å². The van der Waals surface area contributed by atoms with Crippen LogP contribution in [-0.2, 0) is 11.2 Å². The molecule has 1 aromatic rings. The van der Waals surface area contributed by atoms with Gasteiger partial charge in [-0.05, 0) is 44.7 Å². The third-order valence-corrected chi connectivity index (χ3v) is 4.31. The summed E-state index contributed by atoms with van der Waals surface area (Å²) in [5.74, 6) is 0.252. The molecule has 21 heavy (non-hydrogen) atoms. The first-order chi connectivity index (χ1) is 10.2. The summed E-state index contributed by atoms with van der Waals surface area (Å²) in [5.41, 5.74) is 1.06. The summed E-state index contributed by atoms with van der Waals surface area (Å²) in [7, 11) is 0. The highest BCUT2D eigenvalue weighted by atomic mass is 16.2. The lowest BCUT2D eigenvalue weighted by molar-refractivity contribution is -0.136. The predicted molar refractivity (Wildman–Crippen MR) is 85.0 cm³/mol. The molecule has 2 atom stereocenters. The minimum Gasteiger partial charge on any atom is -0.338 e. The molecule has 0 aromatic carbocycles. The molecule has 4 nitrogen and oxygen atoms in total. The van der Waals surface area contributed by atoms with Crippen LogP contribution < -0.4 is 5.32 Å². The van der Waals surface area contributed by atoms with E-state index in [2.05, 4.69) is 22.1 Å². The molecule has 4 heteroatoms. The van der Waals surface area contributed by atoms with E-state index in [-0.39, 0.29) is 11.9 Å². The monoisotopic (exact) mass is 289 g/mol. The fourth-order valence-corrected chi connectivity index (χ4v) is 3.01. The van der Waals surface area contributed by atoms with Gasteiger partial charge in [0.05, 0.1) is 6.04 Å². The van der Waals surface area contributed by atoms with Crippen molar-refractivity contribution in [2.45, 2.75) is 58.0 Å². The third kappa shape index (κ3) is 4.53. The van der Waals surface area contributed by atoms with E-state index in [0.29, 0.717) is 6.04 Å². The molecule has 1 saturated heterocycles. The Kier molecular flexibility index (Phi) is 6.18. The summed E-state index contributed by atoms with van der Waals surface area (Å²) in [6.07, 6.45) is 7.28. The topological polar surface area (TPSA) is 45.2 Å². The molecule has 0 spiro atoms. The van der Waals surface area contributed by atoms with Gasteiger partial charge in [0.15, 0.2) is 0 Å². The maximum atomic E-state index is 12.6. The van der Waals surface area contributed by atoms with Gasteiger partial charge in [-0.15, -0.1) is 0 Å². The number of carbonyl (C=O) groups excluding carboxylic acids is 1.